The Morgan fingerprint density at radius 2 is 1.59 bits per heavy atom. The Balaban J connectivity index is 2.90. The van der Waals surface area contributed by atoms with Crippen LogP contribution in [-0.2, 0) is 19.9 Å². The predicted octanol–water partition coefficient (Wildman–Crippen LogP) is 1.24. The summed E-state index contributed by atoms with van der Waals surface area (Å²) in [5, 5.41) is 0. The van der Waals surface area contributed by atoms with Crippen molar-refractivity contribution in [1.29, 1.82) is 0 Å². The normalized spacial score (nSPS) is 12.4. The molecule has 0 heterocycles. The second-order valence-electron chi connectivity index (χ2n) is 3.72. The van der Waals surface area contributed by atoms with Gasteiger partial charge in [-0.25, -0.2) is 16.8 Å². The highest BCUT2D eigenvalue weighted by Crippen LogP contribution is 2.15. The first-order chi connectivity index (χ1) is 7.74. The molecular weight excluding hydrogens is 262 g/mol. The molecule has 0 aromatic heterocycles. The zero-order valence-electron chi connectivity index (χ0n) is 9.67. The molecule has 7 heteroatoms. The van der Waals surface area contributed by atoms with Gasteiger partial charge in [-0.3, -0.25) is 4.72 Å². The summed E-state index contributed by atoms with van der Waals surface area (Å²) >= 11 is 0. The SMILES string of the molecule is CCCS(=O)(=O)Nc1ccc(S(C)(=O)=O)cc1. The summed E-state index contributed by atoms with van der Waals surface area (Å²) in [6.07, 6.45) is 1.63. The molecule has 17 heavy (non-hydrogen) atoms. The summed E-state index contributed by atoms with van der Waals surface area (Å²) in [6.45, 7) is 1.77. The van der Waals surface area contributed by atoms with E-state index < -0.39 is 19.9 Å². The lowest BCUT2D eigenvalue weighted by Gasteiger charge is -2.07. The third-order valence-corrected chi connectivity index (χ3v) is 4.65. The summed E-state index contributed by atoms with van der Waals surface area (Å²) in [5.41, 5.74) is 0.367. The third-order valence-electron chi connectivity index (χ3n) is 2.03. The molecule has 5 nitrogen and oxygen atoms in total. The van der Waals surface area contributed by atoms with Gasteiger partial charge in [0.15, 0.2) is 9.84 Å². The van der Waals surface area contributed by atoms with E-state index in [-0.39, 0.29) is 10.6 Å². The highest BCUT2D eigenvalue weighted by atomic mass is 32.2. The van der Waals surface area contributed by atoms with Crippen molar-refractivity contribution in [1.82, 2.24) is 0 Å². The molecule has 1 N–H and O–H groups in total. The number of benzene rings is 1. The molecule has 0 aliphatic carbocycles. The summed E-state index contributed by atoms with van der Waals surface area (Å²) in [7, 11) is -6.58. The molecule has 0 saturated carbocycles. The van der Waals surface area contributed by atoms with Gasteiger partial charge < -0.3 is 0 Å². The number of hydrogen-bond acceptors (Lipinski definition) is 4. The number of rotatable bonds is 5. The van der Waals surface area contributed by atoms with Crippen molar-refractivity contribution in [2.45, 2.75) is 18.2 Å². The Morgan fingerprint density at radius 1 is 1.06 bits per heavy atom. The van der Waals surface area contributed by atoms with E-state index in [0.29, 0.717) is 12.1 Å². The third kappa shape index (κ3) is 4.35. The van der Waals surface area contributed by atoms with Gasteiger partial charge in [-0.1, -0.05) is 6.92 Å². The summed E-state index contributed by atoms with van der Waals surface area (Å²) < 4.78 is 47.7. The Labute approximate surface area is 102 Å². The lowest BCUT2D eigenvalue weighted by molar-refractivity contribution is 0.599. The van der Waals surface area contributed by atoms with Gasteiger partial charge in [-0.05, 0) is 30.7 Å². The van der Waals surface area contributed by atoms with E-state index in [9.17, 15) is 16.8 Å². The molecule has 0 saturated heterocycles. The number of anilines is 1. The fourth-order valence-corrected chi connectivity index (χ4v) is 3.03. The fraction of sp³-hybridized carbons (Fsp3) is 0.400. The molecule has 1 aromatic rings. The predicted molar refractivity (Wildman–Crippen MR) is 67.3 cm³/mol. The van der Waals surface area contributed by atoms with Crippen molar-refractivity contribution in [3.63, 3.8) is 0 Å². The van der Waals surface area contributed by atoms with Crippen LogP contribution in [0.5, 0.6) is 0 Å². The quantitative estimate of drug-likeness (QED) is 0.878. The zero-order valence-corrected chi connectivity index (χ0v) is 11.3. The molecule has 0 radical (unpaired) electrons. The van der Waals surface area contributed by atoms with Gasteiger partial charge in [0.2, 0.25) is 10.0 Å². The Bertz CT molecular complexity index is 573. The second kappa shape index (κ2) is 5.05. The average Bonchev–Trinajstić information content (AvgIpc) is 2.16. The van der Waals surface area contributed by atoms with Crippen LogP contribution in [0, 0.1) is 0 Å². The number of hydrogen-bond donors (Lipinski definition) is 1. The number of sulfonamides is 1. The Kier molecular flexibility index (Phi) is 4.16. The van der Waals surface area contributed by atoms with E-state index in [1.807, 2.05) is 0 Å². The van der Waals surface area contributed by atoms with Crippen LogP contribution in [0.15, 0.2) is 29.2 Å². The van der Waals surface area contributed by atoms with Crippen molar-refractivity contribution >= 4 is 25.5 Å². The van der Waals surface area contributed by atoms with Gasteiger partial charge >= 0.3 is 0 Å². The molecule has 0 spiro atoms. The first kappa shape index (κ1) is 14.0. The molecule has 0 bridgehead atoms. The van der Waals surface area contributed by atoms with Gasteiger partial charge in [0.05, 0.1) is 10.6 Å². The maximum Gasteiger partial charge on any atom is 0.232 e. The minimum absolute atomic E-state index is 0.0425. The van der Waals surface area contributed by atoms with Crippen molar-refractivity contribution < 1.29 is 16.8 Å². The van der Waals surface area contributed by atoms with E-state index in [0.717, 1.165) is 6.26 Å². The van der Waals surface area contributed by atoms with E-state index in [1.165, 1.54) is 24.3 Å². The maximum atomic E-state index is 11.5. The molecular formula is C10H15NO4S2. The van der Waals surface area contributed by atoms with Gasteiger partial charge in [-0.15, -0.1) is 0 Å². The maximum absolute atomic E-state index is 11.5. The second-order valence-corrected chi connectivity index (χ2v) is 7.58. The Hall–Kier alpha value is -1.08. The van der Waals surface area contributed by atoms with Crippen LogP contribution in [0.25, 0.3) is 0 Å². The standard InChI is InChI=1S/C10H15NO4S2/c1-3-8-17(14,15)11-9-4-6-10(7-5-9)16(2,12)13/h4-7,11H,3,8H2,1-2H3. The molecule has 1 rings (SSSR count). The van der Waals surface area contributed by atoms with Crippen LogP contribution in [-0.4, -0.2) is 28.8 Å². The van der Waals surface area contributed by atoms with Crippen LogP contribution in [0.3, 0.4) is 0 Å². The van der Waals surface area contributed by atoms with Crippen LogP contribution < -0.4 is 4.72 Å². The molecule has 0 unspecified atom stereocenters. The first-order valence-electron chi connectivity index (χ1n) is 5.05. The monoisotopic (exact) mass is 277 g/mol. The minimum Gasteiger partial charge on any atom is -0.284 e. The topological polar surface area (TPSA) is 80.3 Å². The van der Waals surface area contributed by atoms with Crippen LogP contribution >= 0.6 is 0 Å². The van der Waals surface area contributed by atoms with Crippen LogP contribution in [0.1, 0.15) is 13.3 Å². The molecule has 0 fully saturated rings. The van der Waals surface area contributed by atoms with Gasteiger partial charge in [0.25, 0.3) is 0 Å². The van der Waals surface area contributed by atoms with E-state index in [4.69, 9.17) is 0 Å². The minimum atomic E-state index is -3.33. The molecule has 96 valence electrons. The van der Waals surface area contributed by atoms with Gasteiger partial charge in [0.1, 0.15) is 0 Å². The van der Waals surface area contributed by atoms with Gasteiger partial charge in [-0.2, -0.15) is 0 Å². The largest absolute Gasteiger partial charge is 0.284 e. The fourth-order valence-electron chi connectivity index (χ4n) is 1.27. The van der Waals surface area contributed by atoms with E-state index in [2.05, 4.69) is 4.72 Å². The molecule has 1 aromatic carbocycles. The van der Waals surface area contributed by atoms with Crippen molar-refractivity contribution in [3.8, 4) is 0 Å². The summed E-state index contributed by atoms with van der Waals surface area (Å²) in [4.78, 5) is 0.163. The van der Waals surface area contributed by atoms with Crippen LogP contribution in [0.4, 0.5) is 5.69 Å². The molecule has 0 atom stereocenters. The number of nitrogens with one attached hydrogen (secondary N) is 1. The summed E-state index contributed by atoms with van der Waals surface area (Å²) in [5.74, 6) is 0.0425. The zero-order chi connectivity index (χ0) is 13.1. The van der Waals surface area contributed by atoms with Crippen LogP contribution in [0.2, 0.25) is 0 Å². The van der Waals surface area contributed by atoms with Crippen molar-refractivity contribution in [2.75, 3.05) is 16.7 Å². The van der Waals surface area contributed by atoms with E-state index >= 15 is 0 Å². The highest BCUT2D eigenvalue weighted by molar-refractivity contribution is 7.92. The van der Waals surface area contributed by atoms with Crippen molar-refractivity contribution in [3.05, 3.63) is 24.3 Å². The first-order valence-corrected chi connectivity index (χ1v) is 8.59. The smallest absolute Gasteiger partial charge is 0.232 e. The molecule has 0 amide bonds. The van der Waals surface area contributed by atoms with E-state index in [1.54, 1.807) is 6.92 Å². The highest BCUT2D eigenvalue weighted by Gasteiger charge is 2.10. The lowest BCUT2D eigenvalue weighted by Crippen LogP contribution is -2.16. The number of sulfone groups is 1. The average molecular weight is 277 g/mol. The lowest BCUT2D eigenvalue weighted by atomic mass is 10.3. The van der Waals surface area contributed by atoms with Crippen molar-refractivity contribution in [2.24, 2.45) is 0 Å². The molecule has 0 aliphatic rings. The van der Waals surface area contributed by atoms with Gasteiger partial charge in [0, 0.05) is 11.9 Å². The summed E-state index contributed by atoms with van der Waals surface area (Å²) in [6, 6.07) is 5.62. The molecule has 0 aliphatic heterocycles. The Morgan fingerprint density at radius 3 is 2.00 bits per heavy atom.